The zero-order valence-corrected chi connectivity index (χ0v) is 13.5. The fourth-order valence-electron chi connectivity index (χ4n) is 2.99. The zero-order chi connectivity index (χ0) is 16.0. The lowest BCUT2D eigenvalue weighted by Gasteiger charge is -2.29. The van der Waals surface area contributed by atoms with Crippen molar-refractivity contribution in [1.82, 2.24) is 0 Å². The second kappa shape index (κ2) is 7.75. The summed E-state index contributed by atoms with van der Waals surface area (Å²) in [5.74, 6) is -1.69. The highest BCUT2D eigenvalue weighted by Gasteiger charge is 2.40. The number of carboxylic acids is 1. The molecule has 0 spiro atoms. The molecule has 1 aliphatic carbocycles. The second-order valence-electron chi connectivity index (χ2n) is 5.88. The van der Waals surface area contributed by atoms with Gasteiger partial charge < -0.3 is 10.00 Å². The fraction of sp³-hybridized carbons (Fsp3) is 0.471. The molecule has 0 fully saturated rings. The molecule has 4 nitrogen and oxygen atoms in total. The topological polar surface area (TPSA) is 74.6 Å². The van der Waals surface area contributed by atoms with Crippen molar-refractivity contribution in [3.05, 3.63) is 48.0 Å². The van der Waals surface area contributed by atoms with Crippen LogP contribution >= 0.6 is 7.37 Å². The molecule has 0 bridgehead atoms. The van der Waals surface area contributed by atoms with Gasteiger partial charge in [0, 0.05) is 6.16 Å². The lowest BCUT2D eigenvalue weighted by Crippen LogP contribution is -2.30. The number of carbonyl (C=O) groups is 1. The summed E-state index contributed by atoms with van der Waals surface area (Å²) in [4.78, 5) is 21.6. The number of aryl methyl sites for hydroxylation is 1. The van der Waals surface area contributed by atoms with Crippen LogP contribution < -0.4 is 0 Å². The molecule has 3 unspecified atom stereocenters. The Bertz CT molecular complexity index is 567. The Hall–Kier alpha value is -1.38. The van der Waals surface area contributed by atoms with Crippen molar-refractivity contribution in [2.24, 2.45) is 5.92 Å². The van der Waals surface area contributed by atoms with Gasteiger partial charge in [-0.25, -0.2) is 0 Å². The number of benzene rings is 1. The summed E-state index contributed by atoms with van der Waals surface area (Å²) in [6.45, 7) is 0. The van der Waals surface area contributed by atoms with Gasteiger partial charge in [0.2, 0.25) is 7.37 Å². The van der Waals surface area contributed by atoms with Crippen molar-refractivity contribution in [3.63, 3.8) is 0 Å². The van der Waals surface area contributed by atoms with Crippen molar-refractivity contribution < 1.29 is 19.4 Å². The molecule has 5 heteroatoms. The Morgan fingerprint density at radius 1 is 1.14 bits per heavy atom. The third-order valence-electron chi connectivity index (χ3n) is 4.27. The van der Waals surface area contributed by atoms with Crippen LogP contribution in [0.5, 0.6) is 0 Å². The minimum Gasteiger partial charge on any atom is -0.481 e. The Labute approximate surface area is 131 Å². The molecule has 0 heterocycles. The van der Waals surface area contributed by atoms with E-state index in [1.807, 2.05) is 36.4 Å². The molecule has 1 aromatic carbocycles. The quantitative estimate of drug-likeness (QED) is 0.456. The van der Waals surface area contributed by atoms with E-state index in [1.54, 1.807) is 6.08 Å². The van der Waals surface area contributed by atoms with Crippen molar-refractivity contribution >= 4 is 13.3 Å². The Kier molecular flexibility index (Phi) is 5.98. The van der Waals surface area contributed by atoms with Gasteiger partial charge in [0.25, 0.3) is 0 Å². The van der Waals surface area contributed by atoms with Gasteiger partial charge in [-0.1, -0.05) is 42.5 Å². The average molecular weight is 322 g/mol. The average Bonchev–Trinajstić information content (AvgIpc) is 2.52. The van der Waals surface area contributed by atoms with Crippen molar-refractivity contribution in [2.45, 2.75) is 37.8 Å². The summed E-state index contributed by atoms with van der Waals surface area (Å²) in [6, 6.07) is 10.0. The van der Waals surface area contributed by atoms with Crippen LogP contribution in [0.1, 0.15) is 31.2 Å². The summed E-state index contributed by atoms with van der Waals surface area (Å²) < 4.78 is 12.6. The van der Waals surface area contributed by atoms with E-state index in [4.69, 9.17) is 0 Å². The summed E-state index contributed by atoms with van der Waals surface area (Å²) >= 11 is 0. The molecule has 0 radical (unpaired) electrons. The van der Waals surface area contributed by atoms with Gasteiger partial charge >= 0.3 is 5.97 Å². The molecule has 2 N–H and O–H groups in total. The maximum absolute atomic E-state index is 12.6. The predicted molar refractivity (Wildman–Crippen MR) is 87.4 cm³/mol. The number of carboxylic acid groups (broad SMARTS) is 1. The number of aliphatic carboxylic acids is 1. The highest BCUT2D eigenvalue weighted by molar-refractivity contribution is 7.58. The standard InChI is InChI=1S/C17H23O4P/c18-17(19)15-11-4-5-12-16(15)22(20,21)13-7-6-10-14-8-2-1-3-9-14/h1-5,8-9,15-16H,6-7,10-13H2,(H,18,19)(H,20,21). The first kappa shape index (κ1) is 17.0. The summed E-state index contributed by atoms with van der Waals surface area (Å²) in [7, 11) is -3.43. The second-order valence-corrected chi connectivity index (χ2v) is 8.50. The molecule has 0 amide bonds. The van der Waals surface area contributed by atoms with E-state index in [-0.39, 0.29) is 6.16 Å². The zero-order valence-electron chi connectivity index (χ0n) is 12.6. The number of hydrogen-bond acceptors (Lipinski definition) is 2. The highest BCUT2D eigenvalue weighted by Crippen LogP contribution is 2.53. The van der Waals surface area contributed by atoms with E-state index >= 15 is 0 Å². The molecule has 1 aromatic rings. The van der Waals surface area contributed by atoms with E-state index in [1.165, 1.54) is 5.56 Å². The lowest BCUT2D eigenvalue weighted by atomic mass is 9.94. The van der Waals surface area contributed by atoms with Gasteiger partial charge in [-0.2, -0.15) is 0 Å². The lowest BCUT2D eigenvalue weighted by molar-refractivity contribution is -0.141. The summed E-state index contributed by atoms with van der Waals surface area (Å²) in [5.41, 5.74) is 0.589. The van der Waals surface area contributed by atoms with Gasteiger partial charge in [-0.05, 0) is 37.7 Å². The smallest absolute Gasteiger partial charge is 0.307 e. The molecule has 120 valence electrons. The molecule has 1 aliphatic rings. The van der Waals surface area contributed by atoms with Crippen LogP contribution in [0.4, 0.5) is 0 Å². The highest BCUT2D eigenvalue weighted by atomic mass is 31.2. The van der Waals surface area contributed by atoms with Crippen molar-refractivity contribution in [1.29, 1.82) is 0 Å². The molecular formula is C17H23O4P. The van der Waals surface area contributed by atoms with Gasteiger partial charge in [0.1, 0.15) is 0 Å². The van der Waals surface area contributed by atoms with Crippen molar-refractivity contribution in [2.75, 3.05) is 6.16 Å². The van der Waals surface area contributed by atoms with Gasteiger partial charge in [-0.15, -0.1) is 0 Å². The first-order chi connectivity index (χ1) is 10.5. The minimum absolute atomic E-state index is 0.210. The molecule has 0 saturated carbocycles. The van der Waals surface area contributed by atoms with E-state index in [2.05, 4.69) is 0 Å². The van der Waals surface area contributed by atoms with Gasteiger partial charge in [-0.3, -0.25) is 9.36 Å². The minimum atomic E-state index is -3.43. The predicted octanol–water partition coefficient (Wildman–Crippen LogP) is 3.70. The van der Waals surface area contributed by atoms with Crippen molar-refractivity contribution in [3.8, 4) is 0 Å². The maximum Gasteiger partial charge on any atom is 0.307 e. The van der Waals surface area contributed by atoms with E-state index < -0.39 is 24.9 Å². The fourth-order valence-corrected chi connectivity index (χ4v) is 5.26. The van der Waals surface area contributed by atoms with Crippen LogP contribution in [0.15, 0.2) is 42.5 Å². The van der Waals surface area contributed by atoms with Crippen LogP contribution in [0.2, 0.25) is 0 Å². The van der Waals surface area contributed by atoms with Crippen LogP contribution in [0.3, 0.4) is 0 Å². The van der Waals surface area contributed by atoms with Gasteiger partial charge in [0.15, 0.2) is 0 Å². The molecule has 0 aromatic heterocycles. The number of unbranched alkanes of at least 4 members (excludes halogenated alkanes) is 1. The first-order valence-electron chi connectivity index (χ1n) is 7.74. The molecule has 0 saturated heterocycles. The Morgan fingerprint density at radius 3 is 2.50 bits per heavy atom. The third-order valence-corrected chi connectivity index (χ3v) is 6.84. The largest absolute Gasteiger partial charge is 0.481 e. The van der Waals surface area contributed by atoms with Crippen LogP contribution in [-0.4, -0.2) is 27.8 Å². The van der Waals surface area contributed by atoms with E-state index in [0.29, 0.717) is 19.3 Å². The third kappa shape index (κ3) is 4.56. The first-order valence-corrected chi connectivity index (χ1v) is 9.65. The van der Waals surface area contributed by atoms with E-state index in [0.717, 1.165) is 12.8 Å². The molecule has 2 rings (SSSR count). The molecule has 0 aliphatic heterocycles. The van der Waals surface area contributed by atoms with Crippen LogP contribution in [0.25, 0.3) is 0 Å². The normalized spacial score (nSPS) is 23.9. The van der Waals surface area contributed by atoms with Crippen LogP contribution in [0, 0.1) is 5.92 Å². The van der Waals surface area contributed by atoms with Crippen LogP contribution in [-0.2, 0) is 15.8 Å². The maximum atomic E-state index is 12.6. The number of rotatable bonds is 7. The Morgan fingerprint density at radius 2 is 1.82 bits per heavy atom. The number of allylic oxidation sites excluding steroid dienone is 2. The number of hydrogen-bond donors (Lipinski definition) is 2. The summed E-state index contributed by atoms with van der Waals surface area (Å²) in [6.07, 6.45) is 6.96. The molecule has 3 atom stereocenters. The SMILES string of the molecule is O=C(O)C1CC=CCC1P(=O)(O)CCCCc1ccccc1. The molecule has 22 heavy (non-hydrogen) atoms. The van der Waals surface area contributed by atoms with E-state index in [9.17, 15) is 19.4 Å². The van der Waals surface area contributed by atoms with Gasteiger partial charge in [0.05, 0.1) is 11.6 Å². The monoisotopic (exact) mass is 322 g/mol. The summed E-state index contributed by atoms with van der Waals surface area (Å²) in [5, 5.41) is 9.23. The molecular weight excluding hydrogens is 299 g/mol. The Balaban J connectivity index is 1.86.